The van der Waals surface area contributed by atoms with Crippen molar-refractivity contribution in [3.05, 3.63) is 82.5 Å². The van der Waals surface area contributed by atoms with Crippen LogP contribution in [0.5, 0.6) is 0 Å². The van der Waals surface area contributed by atoms with Crippen LogP contribution < -0.4 is 16.4 Å². The molecule has 1 saturated heterocycles. The van der Waals surface area contributed by atoms with Gasteiger partial charge in [-0.3, -0.25) is 14.6 Å². The summed E-state index contributed by atoms with van der Waals surface area (Å²) in [6, 6.07) is 15.8. The van der Waals surface area contributed by atoms with Crippen LogP contribution in [0.25, 0.3) is 0 Å². The number of carbonyl (C=O) groups is 2. The van der Waals surface area contributed by atoms with Crippen molar-refractivity contribution >= 4 is 29.6 Å². The molecule has 2 amide bonds. The lowest BCUT2D eigenvalue weighted by Gasteiger charge is -2.38. The van der Waals surface area contributed by atoms with Gasteiger partial charge in [0.15, 0.2) is 12.2 Å². The third kappa shape index (κ3) is 7.14. The highest BCUT2D eigenvalue weighted by Crippen LogP contribution is 2.23. The summed E-state index contributed by atoms with van der Waals surface area (Å²) in [5.74, 6) is -1.62. The summed E-state index contributed by atoms with van der Waals surface area (Å²) in [4.78, 5) is 31.3. The van der Waals surface area contributed by atoms with Crippen molar-refractivity contribution in [1.29, 1.82) is 0 Å². The minimum atomic E-state index is -1.95. The standard InChI is InChI=1S/C26H32ClN5O4/c1-17(21(28)11-12-29-15-19-9-5-6-10-20(19)27)31-25(35)23(33)24(34)26(36)32-14-13-30-16-22(32)18-7-3-2-4-8-18/h2-12,17,22-24,30,33-34H,13-16,28H2,1H3,(H,31,35)/t17-,22+,23-,24-/m1/s1. The Hall–Kier alpha value is -3.24. The second-order valence-electron chi connectivity index (χ2n) is 8.53. The van der Waals surface area contributed by atoms with Crippen LogP contribution in [0.1, 0.15) is 24.1 Å². The molecule has 0 unspecified atom stereocenters. The molecule has 1 fully saturated rings. The van der Waals surface area contributed by atoms with Crippen molar-refractivity contribution in [2.24, 2.45) is 10.7 Å². The van der Waals surface area contributed by atoms with E-state index in [-0.39, 0.29) is 11.7 Å². The summed E-state index contributed by atoms with van der Waals surface area (Å²) in [5, 5.41) is 27.3. The predicted octanol–water partition coefficient (Wildman–Crippen LogP) is 1.15. The lowest BCUT2D eigenvalue weighted by Crippen LogP contribution is -2.56. The molecule has 1 aliphatic heterocycles. The van der Waals surface area contributed by atoms with Crippen LogP contribution >= 0.6 is 11.6 Å². The van der Waals surface area contributed by atoms with E-state index in [1.807, 2.05) is 48.5 Å². The second-order valence-corrected chi connectivity index (χ2v) is 8.94. The number of benzene rings is 2. The Balaban J connectivity index is 1.56. The molecule has 0 saturated carbocycles. The Labute approximate surface area is 215 Å². The second kappa shape index (κ2) is 13.2. The summed E-state index contributed by atoms with van der Waals surface area (Å²) in [7, 11) is 0. The normalized spacial score (nSPS) is 19.1. The maximum atomic E-state index is 13.0. The lowest BCUT2D eigenvalue weighted by molar-refractivity contribution is -0.155. The Kier molecular flexibility index (Phi) is 10.0. The van der Waals surface area contributed by atoms with Crippen LogP contribution in [0.2, 0.25) is 5.02 Å². The van der Waals surface area contributed by atoms with Crippen molar-refractivity contribution in [2.45, 2.75) is 37.8 Å². The number of nitrogens with zero attached hydrogens (tertiary/aromatic N) is 2. The number of halogens is 1. The van der Waals surface area contributed by atoms with E-state index >= 15 is 0 Å². The van der Waals surface area contributed by atoms with Gasteiger partial charge >= 0.3 is 0 Å². The number of aliphatic hydroxyl groups is 2. The van der Waals surface area contributed by atoms with E-state index in [2.05, 4.69) is 15.6 Å². The number of hydrogen-bond donors (Lipinski definition) is 5. The third-order valence-electron chi connectivity index (χ3n) is 5.98. The molecule has 0 spiro atoms. The number of aliphatic imine (C=N–C) groups is 1. The van der Waals surface area contributed by atoms with E-state index in [0.717, 1.165) is 11.1 Å². The molecular formula is C26H32ClN5O4. The number of rotatable bonds is 9. The lowest BCUT2D eigenvalue weighted by atomic mass is 10.0. The van der Waals surface area contributed by atoms with Crippen LogP contribution in [0, 0.1) is 0 Å². The van der Waals surface area contributed by atoms with Gasteiger partial charge in [-0.2, -0.15) is 0 Å². The molecule has 2 aromatic carbocycles. The monoisotopic (exact) mass is 513 g/mol. The van der Waals surface area contributed by atoms with Gasteiger partial charge in [0.2, 0.25) is 0 Å². The minimum Gasteiger partial charge on any atom is -0.400 e. The molecule has 0 aromatic heterocycles. The number of aliphatic hydroxyl groups excluding tert-OH is 2. The maximum absolute atomic E-state index is 13.0. The van der Waals surface area contributed by atoms with Gasteiger partial charge in [0.25, 0.3) is 11.8 Å². The number of allylic oxidation sites excluding steroid dienone is 1. The van der Waals surface area contributed by atoms with Gasteiger partial charge < -0.3 is 31.5 Å². The van der Waals surface area contributed by atoms with Gasteiger partial charge in [-0.05, 0) is 30.2 Å². The molecule has 1 aliphatic rings. The number of piperazine rings is 1. The molecule has 9 nitrogen and oxygen atoms in total. The molecular weight excluding hydrogens is 482 g/mol. The van der Waals surface area contributed by atoms with Crippen LogP contribution in [-0.2, 0) is 16.1 Å². The molecule has 0 aliphatic carbocycles. The molecule has 10 heteroatoms. The summed E-state index contributed by atoms with van der Waals surface area (Å²) in [6.07, 6.45) is -0.831. The van der Waals surface area contributed by atoms with Crippen molar-refractivity contribution in [3.8, 4) is 0 Å². The van der Waals surface area contributed by atoms with E-state index in [1.54, 1.807) is 13.0 Å². The molecule has 3 rings (SSSR count). The van der Waals surface area contributed by atoms with Gasteiger partial charge in [0.1, 0.15) is 0 Å². The van der Waals surface area contributed by atoms with Crippen LogP contribution in [0.4, 0.5) is 0 Å². The van der Waals surface area contributed by atoms with Gasteiger partial charge in [-0.25, -0.2) is 0 Å². The first-order valence-corrected chi connectivity index (χ1v) is 12.1. The van der Waals surface area contributed by atoms with Gasteiger partial charge in [-0.1, -0.05) is 60.1 Å². The van der Waals surface area contributed by atoms with Gasteiger partial charge in [0.05, 0.1) is 18.6 Å². The van der Waals surface area contributed by atoms with Crippen molar-refractivity contribution in [1.82, 2.24) is 15.5 Å². The summed E-state index contributed by atoms with van der Waals surface area (Å²) >= 11 is 6.10. The fourth-order valence-corrected chi connectivity index (χ4v) is 4.03. The van der Waals surface area contributed by atoms with Crippen molar-refractivity contribution in [3.63, 3.8) is 0 Å². The first kappa shape index (κ1) is 27.3. The largest absolute Gasteiger partial charge is 0.400 e. The zero-order valence-corrected chi connectivity index (χ0v) is 20.8. The molecule has 36 heavy (non-hydrogen) atoms. The highest BCUT2D eigenvalue weighted by atomic mass is 35.5. The number of nitrogens with two attached hydrogens (primary N) is 1. The molecule has 6 N–H and O–H groups in total. The Morgan fingerprint density at radius 3 is 2.61 bits per heavy atom. The van der Waals surface area contributed by atoms with Crippen LogP contribution in [-0.4, -0.2) is 71.0 Å². The van der Waals surface area contributed by atoms with Crippen molar-refractivity contribution < 1.29 is 19.8 Å². The molecule has 2 aromatic rings. The molecule has 0 bridgehead atoms. The Bertz CT molecular complexity index is 1090. The van der Waals surface area contributed by atoms with E-state index in [9.17, 15) is 19.8 Å². The zero-order valence-electron chi connectivity index (χ0n) is 20.0. The first-order valence-electron chi connectivity index (χ1n) is 11.7. The molecule has 192 valence electrons. The maximum Gasteiger partial charge on any atom is 0.255 e. The van der Waals surface area contributed by atoms with Gasteiger partial charge in [0, 0.05) is 36.6 Å². The van der Waals surface area contributed by atoms with E-state index < -0.39 is 30.1 Å². The summed E-state index contributed by atoms with van der Waals surface area (Å²) in [5.41, 5.74) is 8.06. The number of hydrogen-bond acceptors (Lipinski definition) is 7. The topological polar surface area (TPSA) is 140 Å². The smallest absolute Gasteiger partial charge is 0.255 e. The van der Waals surface area contributed by atoms with Crippen LogP contribution in [0.15, 0.2) is 71.4 Å². The average Bonchev–Trinajstić information content (AvgIpc) is 2.91. The van der Waals surface area contributed by atoms with Gasteiger partial charge in [-0.15, -0.1) is 0 Å². The zero-order chi connectivity index (χ0) is 26.1. The predicted molar refractivity (Wildman–Crippen MR) is 139 cm³/mol. The molecule has 0 radical (unpaired) electrons. The van der Waals surface area contributed by atoms with Crippen molar-refractivity contribution in [2.75, 3.05) is 19.6 Å². The minimum absolute atomic E-state index is 0.283. The SMILES string of the molecule is C[C@@H](NC(=O)[C@H](O)[C@@H](O)C(=O)N1CCNC[C@H]1c1ccccc1)C(N)=CC=NCc1ccccc1Cl. The fraction of sp³-hybridized carbons (Fsp3) is 0.346. The summed E-state index contributed by atoms with van der Waals surface area (Å²) < 4.78 is 0. The number of nitrogens with one attached hydrogen (secondary N) is 2. The molecule has 4 atom stereocenters. The fourth-order valence-electron chi connectivity index (χ4n) is 3.83. The highest BCUT2D eigenvalue weighted by Gasteiger charge is 2.37. The Morgan fingerprint density at radius 2 is 1.89 bits per heavy atom. The van der Waals surface area contributed by atoms with Crippen LogP contribution in [0.3, 0.4) is 0 Å². The number of carbonyl (C=O) groups excluding carboxylic acids is 2. The molecule has 1 heterocycles. The Morgan fingerprint density at radius 1 is 1.19 bits per heavy atom. The van der Waals surface area contributed by atoms with E-state index in [0.29, 0.717) is 31.2 Å². The summed E-state index contributed by atoms with van der Waals surface area (Å²) in [6.45, 7) is 3.37. The quantitative estimate of drug-likeness (QED) is 0.319. The average molecular weight is 514 g/mol. The van der Waals surface area contributed by atoms with E-state index in [1.165, 1.54) is 17.2 Å². The number of amides is 2. The first-order chi connectivity index (χ1) is 17.3. The third-order valence-corrected chi connectivity index (χ3v) is 6.35. The van der Waals surface area contributed by atoms with E-state index in [4.69, 9.17) is 17.3 Å². The highest BCUT2D eigenvalue weighted by molar-refractivity contribution is 6.31.